The summed E-state index contributed by atoms with van der Waals surface area (Å²) in [5.41, 5.74) is 0.173. The van der Waals surface area contributed by atoms with E-state index in [1.165, 1.54) is 0 Å². The molecular formula is C13H17ClO2. The average Bonchev–Trinajstić information content (AvgIpc) is 2.29. The zero-order valence-corrected chi connectivity index (χ0v) is 10.7. The molecule has 1 unspecified atom stereocenters. The lowest BCUT2D eigenvalue weighted by Crippen LogP contribution is -2.34. The molecule has 1 aromatic rings. The molecule has 0 saturated carbocycles. The molecule has 0 radical (unpaired) electrons. The van der Waals surface area contributed by atoms with Crippen LogP contribution in [0.5, 0.6) is 0 Å². The van der Waals surface area contributed by atoms with Crippen molar-refractivity contribution in [2.75, 3.05) is 6.61 Å². The molecule has 88 valence electrons. The summed E-state index contributed by atoms with van der Waals surface area (Å²) in [5.74, 6) is -0.217. The number of hydrogen-bond donors (Lipinski definition) is 0. The Morgan fingerprint density at radius 2 is 2.00 bits per heavy atom. The predicted molar refractivity (Wildman–Crippen MR) is 65.7 cm³/mol. The van der Waals surface area contributed by atoms with E-state index in [4.69, 9.17) is 16.3 Å². The summed E-state index contributed by atoms with van der Waals surface area (Å²) in [4.78, 5) is 12.0. The summed E-state index contributed by atoms with van der Waals surface area (Å²) in [6, 6.07) is 7.41. The number of hydrogen-bond acceptors (Lipinski definition) is 2. The van der Waals surface area contributed by atoms with Crippen molar-refractivity contribution in [2.45, 2.75) is 32.6 Å². The van der Waals surface area contributed by atoms with Crippen molar-refractivity contribution >= 4 is 17.6 Å². The highest BCUT2D eigenvalue weighted by molar-refractivity contribution is 6.31. The van der Waals surface area contributed by atoms with E-state index in [0.29, 0.717) is 18.1 Å². The minimum atomic E-state index is -0.658. The quantitative estimate of drug-likeness (QED) is 0.752. The zero-order valence-electron chi connectivity index (χ0n) is 9.92. The molecule has 1 atom stereocenters. The van der Waals surface area contributed by atoms with Gasteiger partial charge in [-0.05, 0) is 31.9 Å². The molecule has 0 fully saturated rings. The molecule has 0 amide bonds. The van der Waals surface area contributed by atoms with Gasteiger partial charge in [0.2, 0.25) is 0 Å². The second-order valence-corrected chi connectivity index (χ2v) is 4.29. The van der Waals surface area contributed by atoms with Gasteiger partial charge in [-0.15, -0.1) is 0 Å². The first-order chi connectivity index (χ1) is 7.56. The first-order valence-electron chi connectivity index (χ1n) is 5.48. The number of halogens is 1. The maximum atomic E-state index is 12.0. The van der Waals surface area contributed by atoms with E-state index in [-0.39, 0.29) is 5.97 Å². The van der Waals surface area contributed by atoms with Crippen LogP contribution in [0, 0.1) is 0 Å². The van der Waals surface area contributed by atoms with Gasteiger partial charge in [-0.2, -0.15) is 0 Å². The molecule has 2 nitrogen and oxygen atoms in total. The van der Waals surface area contributed by atoms with Gasteiger partial charge >= 0.3 is 5.97 Å². The monoisotopic (exact) mass is 240 g/mol. The number of ether oxygens (including phenoxy) is 1. The molecule has 16 heavy (non-hydrogen) atoms. The average molecular weight is 241 g/mol. The van der Waals surface area contributed by atoms with Gasteiger partial charge < -0.3 is 4.74 Å². The number of carbonyl (C=O) groups excluding carboxylic acids is 1. The lowest BCUT2D eigenvalue weighted by atomic mass is 9.80. The van der Waals surface area contributed by atoms with Gasteiger partial charge in [0.15, 0.2) is 0 Å². The molecule has 0 aliphatic rings. The van der Waals surface area contributed by atoms with Crippen molar-refractivity contribution in [2.24, 2.45) is 0 Å². The Balaban J connectivity index is 3.14. The molecule has 3 heteroatoms. The minimum Gasteiger partial charge on any atom is -0.465 e. The second kappa shape index (κ2) is 5.35. The van der Waals surface area contributed by atoms with E-state index >= 15 is 0 Å². The summed E-state index contributed by atoms with van der Waals surface area (Å²) >= 11 is 6.12. The van der Waals surface area contributed by atoms with Crippen molar-refractivity contribution in [3.05, 3.63) is 34.9 Å². The van der Waals surface area contributed by atoms with Gasteiger partial charge in [0.1, 0.15) is 0 Å². The molecule has 0 bridgehead atoms. The number of benzene rings is 1. The largest absolute Gasteiger partial charge is 0.465 e. The van der Waals surface area contributed by atoms with E-state index in [1.54, 1.807) is 13.0 Å². The fourth-order valence-corrected chi connectivity index (χ4v) is 1.99. The molecular weight excluding hydrogens is 224 g/mol. The highest BCUT2D eigenvalue weighted by Gasteiger charge is 2.36. The fourth-order valence-electron chi connectivity index (χ4n) is 1.64. The third-order valence-corrected chi connectivity index (χ3v) is 3.23. The van der Waals surface area contributed by atoms with Crippen molar-refractivity contribution in [1.82, 2.24) is 0 Å². The van der Waals surface area contributed by atoms with Gasteiger partial charge in [-0.25, -0.2) is 0 Å². The van der Waals surface area contributed by atoms with Crippen LogP contribution in [-0.4, -0.2) is 12.6 Å². The molecule has 0 heterocycles. The summed E-state index contributed by atoms with van der Waals surface area (Å²) in [6.07, 6.45) is 0.662. The van der Waals surface area contributed by atoms with Crippen LogP contribution in [0.1, 0.15) is 32.8 Å². The summed E-state index contributed by atoms with van der Waals surface area (Å²) in [6.45, 7) is 6.02. The summed E-state index contributed by atoms with van der Waals surface area (Å²) in [7, 11) is 0. The van der Waals surface area contributed by atoms with Crippen molar-refractivity contribution < 1.29 is 9.53 Å². The topological polar surface area (TPSA) is 26.3 Å². The number of rotatable bonds is 4. The van der Waals surface area contributed by atoms with E-state index < -0.39 is 5.41 Å². The Labute approximate surface area is 102 Å². The summed E-state index contributed by atoms with van der Waals surface area (Å²) < 4.78 is 5.11. The lowest BCUT2D eigenvalue weighted by molar-refractivity contribution is -0.149. The molecule has 1 rings (SSSR count). The lowest BCUT2D eigenvalue weighted by Gasteiger charge is -2.27. The molecule has 0 aromatic heterocycles. The third-order valence-electron chi connectivity index (χ3n) is 2.90. The maximum absolute atomic E-state index is 12.0. The minimum absolute atomic E-state index is 0.217. The molecule has 0 aliphatic carbocycles. The number of carbonyl (C=O) groups is 1. The Kier molecular flexibility index (Phi) is 4.36. The van der Waals surface area contributed by atoms with Gasteiger partial charge in [0.25, 0.3) is 0 Å². The van der Waals surface area contributed by atoms with Crippen LogP contribution in [0.2, 0.25) is 5.02 Å². The van der Waals surface area contributed by atoms with Crippen LogP contribution in [0.25, 0.3) is 0 Å². The van der Waals surface area contributed by atoms with Crippen LogP contribution in [0.15, 0.2) is 24.3 Å². The molecule has 0 saturated heterocycles. The maximum Gasteiger partial charge on any atom is 0.316 e. The van der Waals surface area contributed by atoms with Crippen molar-refractivity contribution in [3.63, 3.8) is 0 Å². The van der Waals surface area contributed by atoms with Crippen molar-refractivity contribution in [3.8, 4) is 0 Å². The van der Waals surface area contributed by atoms with Crippen LogP contribution < -0.4 is 0 Å². The smallest absolute Gasteiger partial charge is 0.316 e. The second-order valence-electron chi connectivity index (χ2n) is 3.89. The summed E-state index contributed by atoms with van der Waals surface area (Å²) in [5, 5.41) is 0.611. The van der Waals surface area contributed by atoms with Gasteiger partial charge in [0, 0.05) is 5.02 Å². The molecule has 0 N–H and O–H groups in total. The Hall–Kier alpha value is -1.02. The Bertz CT molecular complexity index is 376. The highest BCUT2D eigenvalue weighted by atomic mass is 35.5. The normalized spacial score (nSPS) is 14.2. The first-order valence-corrected chi connectivity index (χ1v) is 5.86. The third kappa shape index (κ3) is 2.38. The molecule has 0 aliphatic heterocycles. The van der Waals surface area contributed by atoms with Crippen LogP contribution in [-0.2, 0) is 14.9 Å². The van der Waals surface area contributed by atoms with Gasteiger partial charge in [-0.3, -0.25) is 4.79 Å². The standard InChI is InChI=1S/C13H17ClO2/c1-4-13(3,12(15)16-5-2)10-8-6-7-9-11(10)14/h6-9H,4-5H2,1-3H3. The van der Waals surface area contributed by atoms with E-state index in [0.717, 1.165) is 5.56 Å². The highest BCUT2D eigenvalue weighted by Crippen LogP contribution is 2.33. The van der Waals surface area contributed by atoms with E-state index in [2.05, 4.69) is 0 Å². The fraction of sp³-hybridized carbons (Fsp3) is 0.462. The van der Waals surface area contributed by atoms with Crippen LogP contribution in [0.4, 0.5) is 0 Å². The predicted octanol–water partition coefficient (Wildman–Crippen LogP) is 3.57. The van der Waals surface area contributed by atoms with Crippen LogP contribution in [0.3, 0.4) is 0 Å². The first kappa shape index (κ1) is 13.0. The molecule has 0 spiro atoms. The molecule has 1 aromatic carbocycles. The van der Waals surface area contributed by atoms with Gasteiger partial charge in [-0.1, -0.05) is 36.7 Å². The van der Waals surface area contributed by atoms with Crippen LogP contribution >= 0.6 is 11.6 Å². The Morgan fingerprint density at radius 1 is 1.38 bits per heavy atom. The number of esters is 1. The zero-order chi connectivity index (χ0) is 12.2. The van der Waals surface area contributed by atoms with Crippen molar-refractivity contribution in [1.29, 1.82) is 0 Å². The Morgan fingerprint density at radius 3 is 2.50 bits per heavy atom. The van der Waals surface area contributed by atoms with E-state index in [9.17, 15) is 4.79 Å². The SMILES string of the molecule is CCOC(=O)C(C)(CC)c1ccccc1Cl. The van der Waals surface area contributed by atoms with E-state index in [1.807, 2.05) is 32.0 Å². The van der Waals surface area contributed by atoms with Gasteiger partial charge in [0.05, 0.1) is 12.0 Å².